The Hall–Kier alpha value is 0.660. The molecule has 0 atom stereocenters. The highest BCUT2D eigenvalue weighted by atomic mass is 32.2. The van der Waals surface area contributed by atoms with E-state index >= 15 is 0 Å². The van der Waals surface area contributed by atoms with Crippen molar-refractivity contribution in [3.05, 3.63) is 0 Å². The van der Waals surface area contributed by atoms with Crippen molar-refractivity contribution < 1.29 is 0 Å². The van der Waals surface area contributed by atoms with Crippen molar-refractivity contribution in [3.63, 3.8) is 0 Å². The lowest BCUT2D eigenvalue weighted by molar-refractivity contribution is 4.17. The van der Waals surface area contributed by atoms with Gasteiger partial charge in [-0.15, -0.1) is 0 Å². The van der Waals surface area contributed by atoms with E-state index in [4.69, 9.17) is 0 Å². The van der Waals surface area contributed by atoms with E-state index in [1.165, 1.54) is 0 Å². The highest BCUT2D eigenvalue weighted by Gasteiger charge is 1.91. The lowest BCUT2D eigenvalue weighted by atomic mass is 11.9. The Bertz CT molecular complexity index is 98.1. The van der Waals surface area contributed by atoms with E-state index in [1.807, 2.05) is 0 Å². The van der Waals surface area contributed by atoms with Gasteiger partial charge >= 0.3 is 14.9 Å². The van der Waals surface area contributed by atoms with Crippen LogP contribution in [0.3, 0.4) is 0 Å². The largest absolute Gasteiger partial charge is 0.338 e. The summed E-state index contributed by atoms with van der Waals surface area (Å²) >= 11 is 13.7. The minimum Gasteiger partial charge on any atom is -0.0682 e. The highest BCUT2D eigenvalue weighted by Crippen LogP contribution is 1.76. The fraction of sp³-hybridized carbons (Fsp3) is 0. The average molecular weight is 153 g/mol. The molecular weight excluding hydrogens is 152 g/mol. The SMILES string of the molecule is S=C=[S+]C(=S)S. The Labute approximate surface area is 56.3 Å². The molecule has 0 aliphatic carbocycles. The normalized spacial score (nSPS) is 6.17. The molecule has 32 valence electrons. The molecule has 6 heavy (non-hydrogen) atoms. The van der Waals surface area contributed by atoms with E-state index < -0.39 is 0 Å². The third-order valence-electron chi connectivity index (χ3n) is 0.129. The minimum absolute atomic E-state index is 0.519. The zero-order chi connectivity index (χ0) is 4.99. The predicted molar refractivity (Wildman–Crippen MR) is 41.5 cm³/mol. The average Bonchev–Trinajstić information content (AvgIpc) is 1.35. The molecule has 4 heteroatoms. The number of hydrogen-bond donors (Lipinski definition) is 1. The van der Waals surface area contributed by atoms with Gasteiger partial charge in [0, 0.05) is 12.2 Å². The van der Waals surface area contributed by atoms with E-state index in [-0.39, 0.29) is 0 Å². The second-order valence-corrected chi connectivity index (χ2v) is 3.45. The van der Waals surface area contributed by atoms with Gasteiger partial charge in [0.25, 0.3) is 4.31 Å². The fourth-order valence-corrected chi connectivity index (χ4v) is 0.962. The molecule has 0 aromatic rings. The molecule has 0 aromatic heterocycles. The molecule has 0 rings (SSSR count). The van der Waals surface area contributed by atoms with E-state index in [2.05, 4.69) is 41.4 Å². The molecule has 0 aliphatic rings. The zero-order valence-corrected chi connectivity index (χ0v) is 6.02. The van der Waals surface area contributed by atoms with Crippen molar-refractivity contribution in [2.75, 3.05) is 0 Å². The van der Waals surface area contributed by atoms with E-state index in [0.717, 1.165) is 11.4 Å². The van der Waals surface area contributed by atoms with E-state index in [1.54, 1.807) is 0 Å². The van der Waals surface area contributed by atoms with Crippen LogP contribution in [0.4, 0.5) is 0 Å². The smallest absolute Gasteiger partial charge is 0.0682 e. The van der Waals surface area contributed by atoms with Crippen LogP contribution in [-0.4, -0.2) is 7.84 Å². The molecule has 0 nitrogen and oxygen atoms in total. The van der Waals surface area contributed by atoms with Crippen LogP contribution >= 0.6 is 37.1 Å². The van der Waals surface area contributed by atoms with Gasteiger partial charge in [-0.2, -0.15) is 0 Å². The predicted octanol–water partition coefficient (Wildman–Crippen LogP) is 1.12. The third-order valence-corrected chi connectivity index (χ3v) is 1.16. The van der Waals surface area contributed by atoms with Crippen LogP contribution in [0, 0.1) is 0 Å². The van der Waals surface area contributed by atoms with Gasteiger partial charge in [0.2, 0.25) is 0 Å². The van der Waals surface area contributed by atoms with Crippen LogP contribution in [0.25, 0.3) is 0 Å². The summed E-state index contributed by atoms with van der Waals surface area (Å²) in [5, 5.41) is 0. The third kappa shape index (κ3) is 4.66. The molecule has 0 amide bonds. The van der Waals surface area contributed by atoms with Gasteiger partial charge in [-0.05, 0) is 12.2 Å². The standard InChI is InChI=1S/C2S4/c3-1-6-2(4)5/p+1. The monoisotopic (exact) mass is 153 g/mol. The molecule has 0 radical (unpaired) electrons. The van der Waals surface area contributed by atoms with Crippen LogP contribution < -0.4 is 0 Å². The topological polar surface area (TPSA) is 0 Å². The molecular formula is C2HS4+. The molecule has 0 saturated heterocycles. The van der Waals surface area contributed by atoms with Crippen molar-refractivity contribution in [1.82, 2.24) is 0 Å². The summed E-state index contributed by atoms with van der Waals surface area (Å²) in [5.41, 5.74) is 0. The quantitative estimate of drug-likeness (QED) is 0.315. The van der Waals surface area contributed by atoms with Crippen LogP contribution in [0.15, 0.2) is 0 Å². The summed E-state index contributed by atoms with van der Waals surface area (Å²) in [6.45, 7) is 0. The van der Waals surface area contributed by atoms with Gasteiger partial charge < -0.3 is 0 Å². The lowest BCUT2D eigenvalue weighted by Crippen LogP contribution is -1.70. The molecule has 0 N–H and O–H groups in total. The lowest BCUT2D eigenvalue weighted by Gasteiger charge is -1.45. The Kier molecular flexibility index (Phi) is 4.26. The molecule has 0 heterocycles. The van der Waals surface area contributed by atoms with Crippen molar-refractivity contribution >= 4 is 56.3 Å². The minimum atomic E-state index is 0.519. The van der Waals surface area contributed by atoms with Gasteiger partial charge in [-0.25, -0.2) is 0 Å². The van der Waals surface area contributed by atoms with Crippen molar-refractivity contribution in [2.24, 2.45) is 0 Å². The summed E-state index contributed by atoms with van der Waals surface area (Å²) in [6, 6.07) is 0. The van der Waals surface area contributed by atoms with Crippen molar-refractivity contribution in [3.8, 4) is 0 Å². The first-order valence-electron chi connectivity index (χ1n) is 1.04. The first kappa shape index (κ1) is 6.66. The van der Waals surface area contributed by atoms with Gasteiger partial charge in [0.05, 0.1) is 0 Å². The van der Waals surface area contributed by atoms with Gasteiger partial charge in [0.1, 0.15) is 0 Å². The summed E-state index contributed by atoms with van der Waals surface area (Å²) in [5.74, 6) is 0. The molecule has 0 aliphatic heterocycles. The van der Waals surface area contributed by atoms with Crippen LogP contribution in [0.1, 0.15) is 0 Å². The summed E-state index contributed by atoms with van der Waals surface area (Å²) in [4.78, 5) is 0. The molecule has 0 unspecified atom stereocenters. The Morgan fingerprint density at radius 3 is 2.33 bits per heavy atom. The highest BCUT2D eigenvalue weighted by molar-refractivity contribution is 8.33. The first-order chi connectivity index (χ1) is 2.77. The number of hydrogen-bond acceptors (Lipinski definition) is 2. The molecule has 0 saturated carbocycles. The maximum Gasteiger partial charge on any atom is 0.338 e. The maximum absolute atomic E-state index is 4.49. The van der Waals surface area contributed by atoms with E-state index in [9.17, 15) is 0 Å². The molecule has 0 fully saturated rings. The Morgan fingerprint density at radius 1 is 1.83 bits per heavy atom. The van der Waals surface area contributed by atoms with Crippen LogP contribution in [-0.2, 0) is 11.4 Å². The molecule has 0 spiro atoms. The van der Waals surface area contributed by atoms with Crippen LogP contribution in [0.2, 0.25) is 0 Å². The first-order valence-corrected chi connectivity index (χ1v) is 3.12. The Morgan fingerprint density at radius 2 is 2.33 bits per heavy atom. The Balaban J connectivity index is 3.60. The van der Waals surface area contributed by atoms with Crippen LogP contribution in [0.5, 0.6) is 0 Å². The summed E-state index contributed by atoms with van der Waals surface area (Å²) in [6.07, 6.45) is 0. The van der Waals surface area contributed by atoms with Gasteiger partial charge in [-0.3, -0.25) is 0 Å². The maximum atomic E-state index is 4.49. The second-order valence-electron chi connectivity index (χ2n) is 0.451. The van der Waals surface area contributed by atoms with E-state index in [0.29, 0.717) is 3.53 Å². The zero-order valence-electron chi connectivity index (χ0n) is 2.67. The van der Waals surface area contributed by atoms with Gasteiger partial charge in [0.15, 0.2) is 0 Å². The summed E-state index contributed by atoms with van der Waals surface area (Å²) in [7, 11) is 0. The second kappa shape index (κ2) is 3.84. The fourth-order valence-electron chi connectivity index (χ4n) is 0.0356. The number of thiocarbonyl (C=S) groups is 2. The molecule has 0 aromatic carbocycles. The van der Waals surface area contributed by atoms with Crippen molar-refractivity contribution in [1.29, 1.82) is 0 Å². The van der Waals surface area contributed by atoms with Crippen molar-refractivity contribution in [2.45, 2.75) is 0 Å². The number of thiol groups is 1. The van der Waals surface area contributed by atoms with Gasteiger partial charge in [-0.1, -0.05) is 12.6 Å². The summed E-state index contributed by atoms with van der Waals surface area (Å²) < 4.78 is 2.87. The molecule has 0 bridgehead atoms. The number of rotatable bonds is 0.